The Labute approximate surface area is 115 Å². The highest BCUT2D eigenvalue weighted by molar-refractivity contribution is 8.00. The smallest absolute Gasteiger partial charge is 0.235 e. The van der Waals surface area contributed by atoms with Gasteiger partial charge in [0.25, 0.3) is 0 Å². The number of carbonyl (C=O) groups excluding carboxylic acids is 1. The van der Waals surface area contributed by atoms with Crippen LogP contribution in [0.4, 0.5) is 0 Å². The molecule has 0 radical (unpaired) electrons. The minimum absolute atomic E-state index is 0.0541. The molecule has 0 bridgehead atoms. The van der Waals surface area contributed by atoms with Crippen LogP contribution in [0.5, 0.6) is 0 Å². The highest BCUT2D eigenvalue weighted by Crippen LogP contribution is 2.14. The van der Waals surface area contributed by atoms with Gasteiger partial charge in [0, 0.05) is 38.5 Å². The molecular weight excluding hydrogens is 248 g/mol. The van der Waals surface area contributed by atoms with E-state index in [0.29, 0.717) is 0 Å². The summed E-state index contributed by atoms with van der Waals surface area (Å²) < 4.78 is 5.31. The summed E-state index contributed by atoms with van der Waals surface area (Å²) in [7, 11) is 1.88. The molecule has 1 atom stereocenters. The molecule has 1 amide bonds. The Morgan fingerprint density at radius 3 is 2.50 bits per heavy atom. The van der Waals surface area contributed by atoms with Gasteiger partial charge in [-0.15, -0.1) is 11.8 Å². The third-order valence-corrected chi connectivity index (χ3v) is 4.47. The lowest BCUT2D eigenvalue weighted by atomic mass is 10.3. The van der Waals surface area contributed by atoms with Gasteiger partial charge in [0.2, 0.25) is 5.91 Å². The Bertz CT molecular complexity index is 255. The van der Waals surface area contributed by atoms with E-state index in [9.17, 15) is 4.79 Å². The summed E-state index contributed by atoms with van der Waals surface area (Å²) >= 11 is 1.75. The molecule has 5 heteroatoms. The Morgan fingerprint density at radius 1 is 1.33 bits per heavy atom. The maximum Gasteiger partial charge on any atom is 0.235 e. The van der Waals surface area contributed by atoms with Crippen LogP contribution >= 0.6 is 11.8 Å². The van der Waals surface area contributed by atoms with Gasteiger partial charge >= 0.3 is 0 Å². The van der Waals surface area contributed by atoms with Crippen molar-refractivity contribution in [3.8, 4) is 0 Å². The fourth-order valence-electron chi connectivity index (χ4n) is 1.80. The fraction of sp³-hybridized carbons (Fsp3) is 0.923. The molecule has 18 heavy (non-hydrogen) atoms. The van der Waals surface area contributed by atoms with Crippen molar-refractivity contribution in [2.24, 2.45) is 0 Å². The lowest BCUT2D eigenvalue weighted by molar-refractivity contribution is -0.130. The Balaban J connectivity index is 2.19. The van der Waals surface area contributed by atoms with Gasteiger partial charge in [-0.2, -0.15) is 0 Å². The van der Waals surface area contributed by atoms with Crippen molar-refractivity contribution >= 4 is 17.7 Å². The minimum atomic E-state index is 0.0541. The topological polar surface area (TPSA) is 32.8 Å². The molecule has 0 spiro atoms. The molecule has 1 saturated heterocycles. The molecule has 0 unspecified atom stereocenters. The van der Waals surface area contributed by atoms with Crippen molar-refractivity contribution in [2.75, 3.05) is 45.6 Å². The largest absolute Gasteiger partial charge is 0.379 e. The Kier molecular flexibility index (Phi) is 7.04. The Morgan fingerprint density at radius 2 is 1.94 bits per heavy atom. The molecule has 1 aliphatic heterocycles. The van der Waals surface area contributed by atoms with Crippen LogP contribution in [-0.4, -0.2) is 72.6 Å². The molecule has 0 N–H and O–H groups in total. The van der Waals surface area contributed by atoms with Crippen LogP contribution in [0.15, 0.2) is 0 Å². The van der Waals surface area contributed by atoms with Crippen LogP contribution in [0, 0.1) is 0 Å². The first kappa shape index (κ1) is 15.8. The zero-order valence-electron chi connectivity index (χ0n) is 12.0. The number of carbonyl (C=O) groups is 1. The number of rotatable bonds is 6. The zero-order valence-corrected chi connectivity index (χ0v) is 12.8. The lowest BCUT2D eigenvalue weighted by Crippen LogP contribution is -2.39. The van der Waals surface area contributed by atoms with E-state index in [1.54, 1.807) is 11.8 Å². The summed E-state index contributed by atoms with van der Waals surface area (Å²) in [6.07, 6.45) is 0. The van der Waals surface area contributed by atoms with Gasteiger partial charge < -0.3 is 9.64 Å². The second-order valence-corrected chi connectivity index (χ2v) is 6.46. The standard InChI is InChI=1S/C13H26N2O2S/c1-11(2)14(4)13(16)12(3)18-10-7-15-5-8-17-9-6-15/h11-12H,5-10H2,1-4H3/t12-/m1/s1. The van der Waals surface area contributed by atoms with Gasteiger partial charge in [-0.3, -0.25) is 9.69 Å². The first-order valence-corrected chi connectivity index (χ1v) is 7.75. The van der Waals surface area contributed by atoms with Gasteiger partial charge in [0.05, 0.1) is 18.5 Å². The van der Waals surface area contributed by atoms with Crippen LogP contribution in [0.3, 0.4) is 0 Å². The highest BCUT2D eigenvalue weighted by Gasteiger charge is 2.20. The fourth-order valence-corrected chi connectivity index (χ4v) is 2.82. The summed E-state index contributed by atoms with van der Waals surface area (Å²) in [5.41, 5.74) is 0. The van der Waals surface area contributed by atoms with Crippen LogP contribution in [0.25, 0.3) is 0 Å². The van der Waals surface area contributed by atoms with Gasteiger partial charge in [-0.25, -0.2) is 0 Å². The predicted molar refractivity (Wildman–Crippen MR) is 77.1 cm³/mol. The second-order valence-electron chi connectivity index (χ2n) is 5.01. The molecule has 4 nitrogen and oxygen atoms in total. The first-order chi connectivity index (χ1) is 8.52. The van der Waals surface area contributed by atoms with Crippen molar-refractivity contribution in [3.05, 3.63) is 0 Å². The third-order valence-electron chi connectivity index (χ3n) is 3.35. The zero-order chi connectivity index (χ0) is 13.5. The number of morpholine rings is 1. The van der Waals surface area contributed by atoms with E-state index in [0.717, 1.165) is 38.6 Å². The van der Waals surface area contributed by atoms with Gasteiger partial charge in [-0.1, -0.05) is 0 Å². The monoisotopic (exact) mass is 274 g/mol. The highest BCUT2D eigenvalue weighted by atomic mass is 32.2. The first-order valence-electron chi connectivity index (χ1n) is 6.70. The van der Waals surface area contributed by atoms with Crippen LogP contribution in [0.1, 0.15) is 20.8 Å². The quantitative estimate of drug-likeness (QED) is 0.731. The number of nitrogens with zero attached hydrogens (tertiary/aromatic N) is 2. The molecule has 0 aromatic heterocycles. The summed E-state index contributed by atoms with van der Waals surface area (Å²) in [6.45, 7) is 10.9. The summed E-state index contributed by atoms with van der Waals surface area (Å²) in [5, 5.41) is 0.0541. The van der Waals surface area contributed by atoms with Crippen LogP contribution < -0.4 is 0 Å². The van der Waals surface area contributed by atoms with Gasteiger partial charge in [-0.05, 0) is 20.8 Å². The Hall–Kier alpha value is -0.260. The molecule has 1 heterocycles. The SMILES string of the molecule is CC(C)N(C)C(=O)[C@@H](C)SCCN1CCOCC1. The maximum absolute atomic E-state index is 12.0. The van der Waals surface area contributed by atoms with E-state index < -0.39 is 0 Å². The lowest BCUT2D eigenvalue weighted by Gasteiger charge is -2.28. The average molecular weight is 274 g/mol. The maximum atomic E-state index is 12.0. The summed E-state index contributed by atoms with van der Waals surface area (Å²) in [4.78, 5) is 16.3. The average Bonchev–Trinajstić information content (AvgIpc) is 2.38. The molecule has 1 fully saturated rings. The van der Waals surface area contributed by atoms with Gasteiger partial charge in [0.15, 0.2) is 0 Å². The van der Waals surface area contributed by atoms with Crippen molar-refractivity contribution < 1.29 is 9.53 Å². The molecule has 1 rings (SSSR count). The number of ether oxygens (including phenoxy) is 1. The minimum Gasteiger partial charge on any atom is -0.379 e. The molecule has 0 saturated carbocycles. The summed E-state index contributed by atoms with van der Waals surface area (Å²) in [5.74, 6) is 1.25. The van der Waals surface area contributed by atoms with E-state index >= 15 is 0 Å². The van der Waals surface area contributed by atoms with E-state index in [2.05, 4.69) is 4.90 Å². The molecule has 1 aliphatic rings. The van der Waals surface area contributed by atoms with Crippen molar-refractivity contribution in [3.63, 3.8) is 0 Å². The molecule has 0 aliphatic carbocycles. The van der Waals surface area contributed by atoms with Crippen molar-refractivity contribution in [1.29, 1.82) is 0 Å². The molecule has 0 aromatic carbocycles. The van der Waals surface area contributed by atoms with Crippen LogP contribution in [0.2, 0.25) is 0 Å². The third kappa shape index (κ3) is 5.16. The normalized spacial score (nSPS) is 18.9. The second kappa shape index (κ2) is 8.02. The van der Waals surface area contributed by atoms with E-state index in [4.69, 9.17) is 4.74 Å². The number of amides is 1. The van der Waals surface area contributed by atoms with Crippen molar-refractivity contribution in [2.45, 2.75) is 32.1 Å². The van der Waals surface area contributed by atoms with E-state index in [1.165, 1.54) is 0 Å². The van der Waals surface area contributed by atoms with E-state index in [1.807, 2.05) is 32.7 Å². The molecule has 0 aromatic rings. The van der Waals surface area contributed by atoms with E-state index in [-0.39, 0.29) is 17.2 Å². The molecular formula is C13H26N2O2S. The van der Waals surface area contributed by atoms with Crippen molar-refractivity contribution in [1.82, 2.24) is 9.80 Å². The number of thioether (sulfide) groups is 1. The van der Waals surface area contributed by atoms with Crippen LogP contribution in [-0.2, 0) is 9.53 Å². The predicted octanol–water partition coefficient (Wildman–Crippen LogP) is 1.31. The molecule has 106 valence electrons. The summed E-state index contributed by atoms with van der Waals surface area (Å²) in [6, 6.07) is 0.278. The van der Waals surface area contributed by atoms with Gasteiger partial charge in [0.1, 0.15) is 0 Å². The number of hydrogen-bond donors (Lipinski definition) is 0. The number of hydrogen-bond acceptors (Lipinski definition) is 4.